The van der Waals surface area contributed by atoms with Gasteiger partial charge in [-0.1, -0.05) is 37.3 Å². The number of amidine groups is 1. The molecule has 0 N–H and O–H groups in total. The third kappa shape index (κ3) is 4.22. The van der Waals surface area contributed by atoms with Gasteiger partial charge in [0.2, 0.25) is 0 Å². The number of aliphatic imine (C=N–C) groups is 1. The maximum absolute atomic E-state index is 12.7. The molecular weight excluding hydrogens is 426 g/mol. The molecule has 0 saturated carbocycles. The molecule has 32 heavy (non-hydrogen) atoms. The zero-order chi connectivity index (χ0) is 22.8. The van der Waals surface area contributed by atoms with Crippen molar-refractivity contribution in [2.24, 2.45) is 4.99 Å². The smallest absolute Gasteiger partial charge is 0.273 e. The van der Waals surface area contributed by atoms with Crippen LogP contribution in [0.4, 0.5) is 11.4 Å². The van der Waals surface area contributed by atoms with Gasteiger partial charge in [0, 0.05) is 30.3 Å². The van der Waals surface area contributed by atoms with E-state index in [4.69, 9.17) is 4.42 Å². The zero-order valence-corrected chi connectivity index (χ0v) is 18.7. The van der Waals surface area contributed by atoms with Crippen molar-refractivity contribution in [1.82, 2.24) is 4.90 Å². The van der Waals surface area contributed by atoms with Gasteiger partial charge in [-0.05, 0) is 48.9 Å². The molecule has 1 amide bonds. The maximum Gasteiger partial charge on any atom is 0.273 e. The molecule has 1 fully saturated rings. The molecule has 0 radical (unpaired) electrons. The van der Waals surface area contributed by atoms with Crippen LogP contribution in [0, 0.1) is 17.0 Å². The number of rotatable bonds is 5. The van der Waals surface area contributed by atoms with E-state index in [2.05, 4.69) is 11.9 Å². The SMILES string of the molecule is CCc1ccccc1N=C1S/C(=C/c2ccc(-c3ccc(C)c([N+](=O)[O-])c3)o2)C(=O)N1C. The molecule has 7 nitrogen and oxygen atoms in total. The predicted molar refractivity (Wildman–Crippen MR) is 127 cm³/mol. The molecule has 0 unspecified atom stereocenters. The number of carbonyl (C=O) groups is 1. The number of nitrogens with zero attached hydrogens (tertiary/aromatic N) is 3. The van der Waals surface area contributed by atoms with Crippen molar-refractivity contribution in [2.45, 2.75) is 20.3 Å². The van der Waals surface area contributed by atoms with Crippen LogP contribution in [0.15, 0.2) is 68.9 Å². The highest BCUT2D eigenvalue weighted by molar-refractivity contribution is 8.18. The lowest BCUT2D eigenvalue weighted by atomic mass is 10.1. The molecule has 8 heteroatoms. The lowest BCUT2D eigenvalue weighted by Crippen LogP contribution is -2.23. The summed E-state index contributed by atoms with van der Waals surface area (Å²) in [6.07, 6.45) is 2.52. The van der Waals surface area contributed by atoms with Gasteiger partial charge in [0.1, 0.15) is 11.5 Å². The molecular formula is C24H21N3O4S. The number of para-hydroxylation sites is 1. The Bertz CT molecular complexity index is 1280. The van der Waals surface area contributed by atoms with E-state index in [1.165, 1.54) is 22.7 Å². The molecule has 1 aliphatic heterocycles. The Labute approximate surface area is 189 Å². The lowest BCUT2D eigenvalue weighted by molar-refractivity contribution is -0.385. The fourth-order valence-corrected chi connectivity index (χ4v) is 4.31. The van der Waals surface area contributed by atoms with Gasteiger partial charge in [-0.2, -0.15) is 0 Å². The molecule has 1 aliphatic rings. The molecule has 1 saturated heterocycles. The van der Waals surface area contributed by atoms with Gasteiger partial charge in [0.05, 0.1) is 15.5 Å². The van der Waals surface area contributed by atoms with Crippen LogP contribution in [-0.4, -0.2) is 27.9 Å². The van der Waals surface area contributed by atoms with E-state index in [1.807, 2.05) is 24.3 Å². The summed E-state index contributed by atoms with van der Waals surface area (Å²) in [7, 11) is 1.70. The Hall–Kier alpha value is -3.65. The number of thioether (sulfide) groups is 1. The van der Waals surface area contributed by atoms with Gasteiger partial charge in [0.15, 0.2) is 5.17 Å². The molecule has 162 valence electrons. The first kappa shape index (κ1) is 21.6. The monoisotopic (exact) mass is 447 g/mol. The number of likely N-dealkylation sites (N-methyl/N-ethyl adjacent to an activating group) is 1. The van der Waals surface area contributed by atoms with Crippen LogP contribution < -0.4 is 0 Å². The predicted octanol–water partition coefficient (Wildman–Crippen LogP) is 5.96. The highest BCUT2D eigenvalue weighted by Gasteiger charge is 2.31. The Balaban J connectivity index is 1.61. The number of nitro groups is 1. The fraction of sp³-hybridized carbons (Fsp3) is 0.167. The summed E-state index contributed by atoms with van der Waals surface area (Å²) in [5.41, 5.74) is 3.18. The average Bonchev–Trinajstić information content (AvgIpc) is 3.35. The van der Waals surface area contributed by atoms with Crippen molar-refractivity contribution in [1.29, 1.82) is 0 Å². The second-order valence-corrected chi connectivity index (χ2v) is 8.32. The number of furan rings is 1. The molecule has 0 spiro atoms. The van der Waals surface area contributed by atoms with Crippen molar-refractivity contribution in [3.05, 3.63) is 86.5 Å². The van der Waals surface area contributed by atoms with E-state index < -0.39 is 4.92 Å². The number of amides is 1. The molecule has 2 heterocycles. The number of nitro benzene ring substituents is 1. The second-order valence-electron chi connectivity index (χ2n) is 7.31. The molecule has 2 aromatic carbocycles. The summed E-state index contributed by atoms with van der Waals surface area (Å²) in [5, 5.41) is 11.8. The van der Waals surface area contributed by atoms with Crippen LogP contribution >= 0.6 is 11.8 Å². The van der Waals surface area contributed by atoms with Gasteiger partial charge in [-0.15, -0.1) is 0 Å². The summed E-state index contributed by atoms with van der Waals surface area (Å²) < 4.78 is 5.86. The van der Waals surface area contributed by atoms with E-state index in [0.29, 0.717) is 32.7 Å². The third-order valence-electron chi connectivity index (χ3n) is 5.18. The van der Waals surface area contributed by atoms with Crippen LogP contribution in [0.3, 0.4) is 0 Å². The molecule has 0 aliphatic carbocycles. The first-order valence-corrected chi connectivity index (χ1v) is 10.9. The van der Waals surface area contributed by atoms with Crippen molar-refractivity contribution < 1.29 is 14.1 Å². The normalized spacial score (nSPS) is 16.3. The largest absolute Gasteiger partial charge is 0.457 e. The third-order valence-corrected chi connectivity index (χ3v) is 6.24. The minimum atomic E-state index is -0.411. The first-order valence-electron chi connectivity index (χ1n) is 10.1. The van der Waals surface area contributed by atoms with Crippen molar-refractivity contribution in [3.8, 4) is 11.3 Å². The van der Waals surface area contributed by atoms with Gasteiger partial charge in [-0.25, -0.2) is 4.99 Å². The van der Waals surface area contributed by atoms with Crippen LogP contribution in [0.5, 0.6) is 0 Å². The molecule has 3 aromatic rings. The summed E-state index contributed by atoms with van der Waals surface area (Å²) in [6, 6.07) is 16.3. The molecule has 4 rings (SSSR count). The van der Waals surface area contributed by atoms with Crippen molar-refractivity contribution >= 4 is 40.3 Å². The van der Waals surface area contributed by atoms with Gasteiger partial charge in [-0.3, -0.25) is 19.8 Å². The number of benzene rings is 2. The van der Waals surface area contributed by atoms with Gasteiger partial charge >= 0.3 is 0 Å². The number of hydrogen-bond donors (Lipinski definition) is 0. The minimum Gasteiger partial charge on any atom is -0.457 e. The van der Waals surface area contributed by atoms with Crippen LogP contribution in [0.2, 0.25) is 0 Å². The topological polar surface area (TPSA) is 89.0 Å². The molecule has 1 aromatic heterocycles. The molecule has 0 bridgehead atoms. The molecule has 0 atom stereocenters. The van der Waals surface area contributed by atoms with Crippen molar-refractivity contribution in [3.63, 3.8) is 0 Å². The Morgan fingerprint density at radius 2 is 1.97 bits per heavy atom. The summed E-state index contributed by atoms with van der Waals surface area (Å²) in [6.45, 7) is 3.76. The van der Waals surface area contributed by atoms with Crippen molar-refractivity contribution in [2.75, 3.05) is 7.05 Å². The average molecular weight is 448 g/mol. The Morgan fingerprint density at radius 3 is 2.72 bits per heavy atom. The highest BCUT2D eigenvalue weighted by atomic mass is 32.2. The van der Waals surface area contributed by atoms with E-state index in [0.717, 1.165) is 17.7 Å². The summed E-state index contributed by atoms with van der Waals surface area (Å²) >= 11 is 1.29. The van der Waals surface area contributed by atoms with E-state index in [1.54, 1.807) is 44.3 Å². The summed E-state index contributed by atoms with van der Waals surface area (Å²) in [5.74, 6) is 0.823. The van der Waals surface area contributed by atoms with Gasteiger partial charge in [0.25, 0.3) is 11.6 Å². The summed E-state index contributed by atoms with van der Waals surface area (Å²) in [4.78, 5) is 30.3. The maximum atomic E-state index is 12.7. The standard InChI is InChI=1S/C24H21N3O4S/c1-4-16-7-5-6-8-19(16)25-24-26(3)23(28)22(32-24)14-18-11-12-21(31-18)17-10-9-15(2)20(13-17)27(29)30/h5-14H,4H2,1-3H3/b22-14+,25-24?. The fourth-order valence-electron chi connectivity index (χ4n) is 3.35. The Kier molecular flexibility index (Phi) is 5.96. The Morgan fingerprint density at radius 1 is 1.19 bits per heavy atom. The van der Waals surface area contributed by atoms with E-state index in [9.17, 15) is 14.9 Å². The number of aryl methyl sites for hydroxylation is 2. The van der Waals surface area contributed by atoms with Crippen LogP contribution in [-0.2, 0) is 11.2 Å². The zero-order valence-electron chi connectivity index (χ0n) is 17.9. The number of carbonyl (C=O) groups excluding carboxylic acids is 1. The second kappa shape index (κ2) is 8.84. The number of hydrogen-bond acceptors (Lipinski definition) is 6. The van der Waals surface area contributed by atoms with Gasteiger partial charge < -0.3 is 4.42 Å². The van der Waals surface area contributed by atoms with Crippen LogP contribution in [0.25, 0.3) is 17.4 Å². The lowest BCUT2D eigenvalue weighted by Gasteiger charge is -2.08. The highest BCUT2D eigenvalue weighted by Crippen LogP contribution is 2.35. The van der Waals surface area contributed by atoms with Crippen LogP contribution in [0.1, 0.15) is 23.8 Å². The first-order chi connectivity index (χ1) is 15.4. The van der Waals surface area contributed by atoms with E-state index in [-0.39, 0.29) is 11.6 Å². The van der Waals surface area contributed by atoms with E-state index >= 15 is 0 Å². The minimum absolute atomic E-state index is 0.0372. The quantitative estimate of drug-likeness (QED) is 0.273.